The number of carbonyl (C=O) groups excluding carboxylic acids is 2. The summed E-state index contributed by atoms with van der Waals surface area (Å²) in [5.74, 6) is 1.88. The van der Waals surface area contributed by atoms with Gasteiger partial charge in [-0.15, -0.1) is 0 Å². The van der Waals surface area contributed by atoms with Crippen LogP contribution < -0.4 is 19.9 Å². The number of rotatable bonds is 7. The van der Waals surface area contributed by atoms with Gasteiger partial charge in [-0.05, 0) is 75.8 Å². The molecule has 0 saturated heterocycles. The summed E-state index contributed by atoms with van der Waals surface area (Å²) in [6, 6.07) is 7.73. The van der Waals surface area contributed by atoms with Crippen molar-refractivity contribution in [3.8, 4) is 17.2 Å². The monoisotopic (exact) mass is 563 g/mol. The number of benzene rings is 2. The Morgan fingerprint density at radius 2 is 1.82 bits per heavy atom. The van der Waals surface area contributed by atoms with Crippen LogP contribution in [0.2, 0.25) is 0 Å². The molecular weight excluding hydrogens is 526 g/mol. The highest BCUT2D eigenvalue weighted by atomic mass is 32.2. The highest BCUT2D eigenvalue weighted by Crippen LogP contribution is 2.44. The normalized spacial score (nSPS) is 22.9. The number of hydrogen-bond acceptors (Lipinski definition) is 8. The maximum Gasteiger partial charge on any atom is 0.314 e. The van der Waals surface area contributed by atoms with Crippen LogP contribution in [0.5, 0.6) is 17.2 Å². The number of aliphatic imine (C=N–C) groups is 1. The molecule has 0 amide bonds. The molecule has 3 aliphatic rings. The molecule has 2 aromatic carbocycles. The third-order valence-electron chi connectivity index (χ3n) is 8.19. The van der Waals surface area contributed by atoms with Crippen molar-refractivity contribution in [3.63, 3.8) is 0 Å². The number of fused-ring (bicyclic) bond motifs is 1. The Bertz CT molecular complexity index is 1380. The highest BCUT2D eigenvalue weighted by molar-refractivity contribution is 8.15. The van der Waals surface area contributed by atoms with E-state index in [4.69, 9.17) is 25.4 Å². The number of nitrogens with one attached hydrogen (secondary N) is 1. The summed E-state index contributed by atoms with van der Waals surface area (Å²) in [5.41, 5.74) is 8.92. The standard InChI is InChI=1S/C31H37N3O5S/c1-17-18(2)27-25(19(3)26(17)38-29(36)21-8-6-5-7-9-21)23(35)15-31(4,39-27)16-37-22-12-10-20(11-13-22)14-24-28(32)34-30(33)40-24/h10-13,21,24H,5-9,14-16H2,1-4H3,(H3,32,33,34). The second-order valence-electron chi connectivity index (χ2n) is 11.4. The molecule has 2 atom stereocenters. The summed E-state index contributed by atoms with van der Waals surface area (Å²) in [6.07, 6.45) is 5.82. The molecule has 0 bridgehead atoms. The maximum atomic E-state index is 13.5. The van der Waals surface area contributed by atoms with E-state index in [0.29, 0.717) is 40.6 Å². The summed E-state index contributed by atoms with van der Waals surface area (Å²) in [4.78, 5) is 30.4. The lowest BCUT2D eigenvalue weighted by Gasteiger charge is -2.37. The van der Waals surface area contributed by atoms with Crippen LogP contribution in [-0.2, 0) is 11.2 Å². The second kappa shape index (κ2) is 11.3. The molecule has 1 fully saturated rings. The van der Waals surface area contributed by atoms with E-state index >= 15 is 0 Å². The first-order valence-electron chi connectivity index (χ1n) is 13.9. The minimum atomic E-state index is -0.849. The van der Waals surface area contributed by atoms with E-state index in [1.807, 2.05) is 52.0 Å². The van der Waals surface area contributed by atoms with Crippen LogP contribution in [0.1, 0.15) is 78.1 Å². The van der Waals surface area contributed by atoms with E-state index < -0.39 is 5.60 Å². The summed E-state index contributed by atoms with van der Waals surface area (Å²) < 4.78 is 18.5. The van der Waals surface area contributed by atoms with Gasteiger partial charge in [0.25, 0.3) is 0 Å². The average molecular weight is 564 g/mol. The molecule has 1 saturated carbocycles. The lowest BCUT2D eigenvalue weighted by Crippen LogP contribution is -2.45. The molecule has 5 rings (SSSR count). The van der Waals surface area contributed by atoms with Gasteiger partial charge in [0.05, 0.1) is 23.2 Å². The van der Waals surface area contributed by atoms with Crippen molar-refractivity contribution in [3.05, 3.63) is 52.1 Å². The Balaban J connectivity index is 1.27. The number of nitrogens with two attached hydrogens (primary N) is 1. The third-order valence-corrected chi connectivity index (χ3v) is 9.20. The Morgan fingerprint density at radius 3 is 2.48 bits per heavy atom. The van der Waals surface area contributed by atoms with Gasteiger partial charge in [-0.1, -0.05) is 43.2 Å². The Kier molecular flexibility index (Phi) is 7.95. The molecule has 0 radical (unpaired) electrons. The van der Waals surface area contributed by atoms with Gasteiger partial charge in [0.1, 0.15) is 35.3 Å². The fraction of sp³-hybridized carbons (Fsp3) is 0.484. The van der Waals surface area contributed by atoms with Gasteiger partial charge in [0, 0.05) is 5.56 Å². The average Bonchev–Trinajstić information content (AvgIpc) is 3.25. The zero-order chi connectivity index (χ0) is 28.6. The summed E-state index contributed by atoms with van der Waals surface area (Å²) in [5, 5.41) is 7.90. The second-order valence-corrected chi connectivity index (χ2v) is 12.6. The van der Waals surface area contributed by atoms with Gasteiger partial charge in [0.2, 0.25) is 0 Å². The number of nitrogens with zero attached hydrogens (tertiary/aromatic N) is 1. The molecule has 2 heterocycles. The molecule has 9 heteroatoms. The predicted octanol–water partition coefficient (Wildman–Crippen LogP) is 5.85. The summed E-state index contributed by atoms with van der Waals surface area (Å²) in [6.45, 7) is 7.74. The van der Waals surface area contributed by atoms with Crippen molar-refractivity contribution in [2.24, 2.45) is 16.6 Å². The smallest absolute Gasteiger partial charge is 0.314 e. The lowest BCUT2D eigenvalue weighted by molar-refractivity contribution is -0.140. The lowest BCUT2D eigenvalue weighted by atomic mass is 9.86. The first-order valence-corrected chi connectivity index (χ1v) is 14.8. The Morgan fingerprint density at radius 1 is 1.12 bits per heavy atom. The van der Waals surface area contributed by atoms with E-state index in [1.54, 1.807) is 0 Å². The molecule has 0 spiro atoms. The van der Waals surface area contributed by atoms with E-state index in [2.05, 4.69) is 4.99 Å². The van der Waals surface area contributed by atoms with E-state index in [0.717, 1.165) is 48.8 Å². The number of ether oxygens (including phenoxy) is 3. The number of ketones is 1. The quantitative estimate of drug-likeness (QED) is 0.320. The van der Waals surface area contributed by atoms with E-state index in [1.165, 1.54) is 11.8 Å². The molecule has 212 valence electrons. The van der Waals surface area contributed by atoms with Crippen molar-refractivity contribution in [2.45, 2.75) is 83.5 Å². The van der Waals surface area contributed by atoms with Gasteiger partial charge in [-0.3, -0.25) is 15.0 Å². The van der Waals surface area contributed by atoms with Crippen molar-refractivity contribution in [2.75, 3.05) is 6.61 Å². The SMILES string of the molecule is Cc1c(C)c2c(c(C)c1OC(=O)C1CCCCC1)C(=O)CC(C)(COc1ccc(CC3SC(=N)N=C3N)cc1)O2. The van der Waals surface area contributed by atoms with Gasteiger partial charge >= 0.3 is 5.97 Å². The molecule has 40 heavy (non-hydrogen) atoms. The minimum absolute atomic E-state index is 0.0219. The third kappa shape index (κ3) is 5.75. The van der Waals surface area contributed by atoms with Crippen molar-refractivity contribution < 1.29 is 23.8 Å². The summed E-state index contributed by atoms with van der Waals surface area (Å²) in [7, 11) is 0. The zero-order valence-corrected chi connectivity index (χ0v) is 24.4. The maximum absolute atomic E-state index is 13.5. The molecule has 3 N–H and O–H groups in total. The molecule has 2 aromatic rings. The first-order chi connectivity index (χ1) is 19.0. The number of thioether (sulfide) groups is 1. The number of carbonyl (C=O) groups is 2. The Labute approximate surface area is 239 Å². The van der Waals surface area contributed by atoms with Crippen LogP contribution in [0.4, 0.5) is 0 Å². The van der Waals surface area contributed by atoms with Crippen molar-refractivity contribution in [1.29, 1.82) is 5.41 Å². The van der Waals surface area contributed by atoms with Crippen LogP contribution in [0, 0.1) is 32.1 Å². The van der Waals surface area contributed by atoms with Crippen molar-refractivity contribution >= 4 is 34.5 Å². The fourth-order valence-electron chi connectivity index (χ4n) is 5.75. The van der Waals surface area contributed by atoms with Crippen LogP contribution in [0.3, 0.4) is 0 Å². The molecule has 2 aliphatic heterocycles. The van der Waals surface area contributed by atoms with Gasteiger partial charge < -0.3 is 19.9 Å². The van der Waals surface area contributed by atoms with Crippen LogP contribution in [0.15, 0.2) is 29.3 Å². The van der Waals surface area contributed by atoms with Gasteiger partial charge in [-0.25, -0.2) is 4.99 Å². The number of Topliss-reactive ketones (excluding diaryl/α,β-unsaturated/α-hetero) is 1. The van der Waals surface area contributed by atoms with E-state index in [9.17, 15) is 9.59 Å². The number of esters is 1. The van der Waals surface area contributed by atoms with Gasteiger partial charge in [-0.2, -0.15) is 0 Å². The fourth-order valence-corrected chi connectivity index (χ4v) is 6.63. The number of amidine groups is 2. The van der Waals surface area contributed by atoms with E-state index in [-0.39, 0.29) is 41.1 Å². The Hall–Kier alpha value is -3.33. The molecule has 0 aromatic heterocycles. The minimum Gasteiger partial charge on any atom is -0.489 e. The van der Waals surface area contributed by atoms with Gasteiger partial charge in [0.15, 0.2) is 11.0 Å². The zero-order valence-electron chi connectivity index (χ0n) is 23.6. The topological polar surface area (TPSA) is 124 Å². The van der Waals surface area contributed by atoms with Crippen LogP contribution >= 0.6 is 11.8 Å². The van der Waals surface area contributed by atoms with Crippen LogP contribution in [-0.4, -0.2) is 40.2 Å². The number of hydrogen-bond donors (Lipinski definition) is 2. The first kappa shape index (κ1) is 28.2. The van der Waals surface area contributed by atoms with Crippen LogP contribution in [0.25, 0.3) is 0 Å². The molecule has 8 nitrogen and oxygen atoms in total. The summed E-state index contributed by atoms with van der Waals surface area (Å²) >= 11 is 1.36. The van der Waals surface area contributed by atoms with Crippen molar-refractivity contribution in [1.82, 2.24) is 0 Å². The largest absolute Gasteiger partial charge is 0.489 e. The molecule has 1 aliphatic carbocycles. The highest BCUT2D eigenvalue weighted by Gasteiger charge is 2.41. The predicted molar refractivity (Wildman–Crippen MR) is 157 cm³/mol. The molecular formula is C31H37N3O5S. The molecule has 2 unspecified atom stereocenters.